The molecular weight excluding hydrogens is 479 g/mol. The van der Waals surface area contributed by atoms with E-state index in [0.29, 0.717) is 31.1 Å². The van der Waals surface area contributed by atoms with Crippen molar-refractivity contribution in [3.05, 3.63) is 71.3 Å². The Morgan fingerprint density at radius 3 is 2.38 bits per heavy atom. The largest absolute Gasteiger partial charge is 0.416 e. The van der Waals surface area contributed by atoms with Gasteiger partial charge in [0.05, 0.1) is 12.1 Å². The molecule has 1 aliphatic heterocycles. The summed E-state index contributed by atoms with van der Waals surface area (Å²) in [6.45, 7) is 1.10. The van der Waals surface area contributed by atoms with Crippen molar-refractivity contribution >= 4 is 11.8 Å². The van der Waals surface area contributed by atoms with Crippen molar-refractivity contribution in [3.63, 3.8) is 0 Å². The zero-order valence-corrected chi connectivity index (χ0v) is 20.9. The number of nitrogens with zero attached hydrogens (tertiary/aromatic N) is 1. The van der Waals surface area contributed by atoms with Gasteiger partial charge in [-0.2, -0.15) is 13.2 Å². The predicted octanol–water partition coefficient (Wildman–Crippen LogP) is 5.13. The number of likely N-dealkylation sites (tertiary alicyclic amines) is 1. The molecule has 0 aromatic heterocycles. The fourth-order valence-electron chi connectivity index (χ4n) is 6.36. The number of hydrogen-bond acceptors (Lipinski definition) is 3. The third kappa shape index (κ3) is 5.69. The van der Waals surface area contributed by atoms with Crippen LogP contribution in [0.25, 0.3) is 0 Å². The van der Waals surface area contributed by atoms with E-state index < -0.39 is 17.6 Å². The zero-order valence-electron chi connectivity index (χ0n) is 20.9. The van der Waals surface area contributed by atoms with Crippen molar-refractivity contribution in [1.29, 1.82) is 0 Å². The Kier molecular flexibility index (Phi) is 7.30. The second-order valence-corrected chi connectivity index (χ2v) is 10.9. The third-order valence-electron chi connectivity index (χ3n) is 8.70. The van der Waals surface area contributed by atoms with E-state index in [2.05, 4.69) is 41.0 Å². The number of rotatable bonds is 6. The molecule has 1 unspecified atom stereocenters. The van der Waals surface area contributed by atoms with Crippen molar-refractivity contribution in [3.8, 4) is 0 Å². The molecule has 0 radical (unpaired) electrons. The maximum absolute atomic E-state index is 12.9. The van der Waals surface area contributed by atoms with Crippen LogP contribution in [-0.4, -0.2) is 48.4 Å². The number of carbonyl (C=O) groups is 2. The third-order valence-corrected chi connectivity index (χ3v) is 8.70. The van der Waals surface area contributed by atoms with Crippen LogP contribution in [0.15, 0.2) is 54.6 Å². The standard InChI is InChI=1S/C29H34F3N3O2/c30-29(31,32)23-8-4-7-22(17-23)27(37)33-18-26(36)35-16-15-28(19-35)14-13-25(28)34-24-11-9-21(10-12-24)20-5-2-1-3-6-20/h1-8,17,21,24-25,34H,9-16,18-19H2,(H,33,37)/t21?,24?,25?,28-/m0/s1. The summed E-state index contributed by atoms with van der Waals surface area (Å²) in [6, 6.07) is 15.9. The zero-order chi connectivity index (χ0) is 26.0. The highest BCUT2D eigenvalue weighted by Gasteiger charge is 2.52. The van der Waals surface area contributed by atoms with E-state index >= 15 is 0 Å². The molecule has 5 rings (SSSR count). The fraction of sp³-hybridized carbons (Fsp3) is 0.517. The predicted molar refractivity (Wildman–Crippen MR) is 135 cm³/mol. The number of carbonyl (C=O) groups excluding carboxylic acids is 2. The number of alkyl halides is 3. The summed E-state index contributed by atoms with van der Waals surface area (Å²) in [6.07, 6.45) is 3.33. The lowest BCUT2D eigenvalue weighted by Gasteiger charge is -2.49. The molecule has 2 aliphatic carbocycles. The lowest BCUT2D eigenvalue weighted by atomic mass is 9.63. The molecule has 1 spiro atoms. The summed E-state index contributed by atoms with van der Waals surface area (Å²) < 4.78 is 38.8. The van der Waals surface area contributed by atoms with Gasteiger partial charge in [0.25, 0.3) is 5.91 Å². The highest BCUT2D eigenvalue weighted by atomic mass is 19.4. The van der Waals surface area contributed by atoms with Crippen LogP contribution < -0.4 is 10.6 Å². The van der Waals surface area contributed by atoms with Gasteiger partial charge in [0, 0.05) is 36.2 Å². The van der Waals surface area contributed by atoms with Crippen LogP contribution in [0.1, 0.15) is 72.3 Å². The molecule has 2 saturated carbocycles. The van der Waals surface area contributed by atoms with Gasteiger partial charge >= 0.3 is 6.18 Å². The van der Waals surface area contributed by atoms with E-state index in [1.54, 1.807) is 4.90 Å². The van der Waals surface area contributed by atoms with Gasteiger partial charge in [-0.15, -0.1) is 0 Å². The van der Waals surface area contributed by atoms with E-state index in [-0.39, 0.29) is 23.4 Å². The Bertz CT molecular complexity index is 1110. The molecule has 2 aromatic carbocycles. The molecule has 0 bridgehead atoms. The molecule has 2 atom stereocenters. The second-order valence-electron chi connectivity index (χ2n) is 10.9. The maximum Gasteiger partial charge on any atom is 0.416 e. The minimum absolute atomic E-state index is 0.0942. The molecule has 1 heterocycles. The second kappa shape index (κ2) is 10.5. The lowest BCUT2D eigenvalue weighted by molar-refractivity contribution is -0.137. The van der Waals surface area contributed by atoms with Crippen LogP contribution >= 0.6 is 0 Å². The van der Waals surface area contributed by atoms with E-state index in [4.69, 9.17) is 0 Å². The highest BCUT2D eigenvalue weighted by Crippen LogP contribution is 2.49. The van der Waals surface area contributed by atoms with E-state index in [1.165, 1.54) is 30.5 Å². The molecule has 2 aromatic rings. The Labute approximate surface area is 215 Å². The summed E-state index contributed by atoms with van der Waals surface area (Å²) in [5.74, 6) is -0.228. The number of benzene rings is 2. The van der Waals surface area contributed by atoms with Crippen LogP contribution in [-0.2, 0) is 11.0 Å². The minimum atomic E-state index is -4.52. The Balaban J connectivity index is 1.09. The van der Waals surface area contributed by atoms with E-state index in [9.17, 15) is 22.8 Å². The number of halogens is 3. The molecule has 37 heavy (non-hydrogen) atoms. The minimum Gasteiger partial charge on any atom is -0.343 e. The first-order valence-electron chi connectivity index (χ1n) is 13.3. The fourth-order valence-corrected chi connectivity index (χ4v) is 6.36. The maximum atomic E-state index is 12.9. The SMILES string of the molecule is O=C(NCC(=O)N1CC[C@@]2(CCC2NC2CCC(c3ccccc3)CC2)C1)c1cccc(C(F)(F)F)c1. The van der Waals surface area contributed by atoms with Gasteiger partial charge in [-0.1, -0.05) is 36.4 Å². The monoisotopic (exact) mass is 513 g/mol. The average Bonchev–Trinajstić information content (AvgIpc) is 3.38. The number of hydrogen-bond donors (Lipinski definition) is 2. The Morgan fingerprint density at radius 1 is 0.946 bits per heavy atom. The smallest absolute Gasteiger partial charge is 0.343 e. The van der Waals surface area contributed by atoms with Crippen molar-refractivity contribution in [1.82, 2.24) is 15.5 Å². The Hall–Kier alpha value is -2.87. The summed E-state index contributed by atoms with van der Waals surface area (Å²) in [5, 5.41) is 6.41. The Morgan fingerprint density at radius 2 is 1.70 bits per heavy atom. The van der Waals surface area contributed by atoms with Gasteiger partial charge in [-0.25, -0.2) is 0 Å². The lowest BCUT2D eigenvalue weighted by Crippen LogP contribution is -2.58. The molecule has 3 aliphatic rings. The highest BCUT2D eigenvalue weighted by molar-refractivity contribution is 5.96. The first kappa shape index (κ1) is 25.8. The van der Waals surface area contributed by atoms with Crippen molar-refractivity contribution in [2.45, 2.75) is 69.1 Å². The summed E-state index contributed by atoms with van der Waals surface area (Å²) in [7, 11) is 0. The van der Waals surface area contributed by atoms with Crippen LogP contribution in [0, 0.1) is 5.41 Å². The van der Waals surface area contributed by atoms with Gasteiger partial charge in [0.2, 0.25) is 5.91 Å². The van der Waals surface area contributed by atoms with Crippen LogP contribution in [0.5, 0.6) is 0 Å². The normalized spacial score (nSPS) is 27.6. The van der Waals surface area contributed by atoms with Gasteiger partial charge < -0.3 is 15.5 Å². The molecule has 2 amide bonds. The van der Waals surface area contributed by atoms with Gasteiger partial charge in [0.15, 0.2) is 0 Å². The molecular formula is C29H34F3N3O2. The molecule has 198 valence electrons. The molecule has 3 fully saturated rings. The van der Waals surface area contributed by atoms with Crippen molar-refractivity contribution in [2.24, 2.45) is 5.41 Å². The summed E-state index contributed by atoms with van der Waals surface area (Å²) in [4.78, 5) is 27.0. The summed E-state index contributed by atoms with van der Waals surface area (Å²) >= 11 is 0. The molecule has 5 nitrogen and oxygen atoms in total. The molecule has 8 heteroatoms. The number of amides is 2. The molecule has 2 N–H and O–H groups in total. The van der Waals surface area contributed by atoms with E-state index in [1.807, 2.05) is 0 Å². The van der Waals surface area contributed by atoms with Crippen LogP contribution in [0.3, 0.4) is 0 Å². The average molecular weight is 514 g/mol. The van der Waals surface area contributed by atoms with Crippen molar-refractivity contribution in [2.75, 3.05) is 19.6 Å². The summed E-state index contributed by atoms with van der Waals surface area (Å²) in [5.41, 5.74) is 0.540. The number of nitrogens with one attached hydrogen (secondary N) is 2. The van der Waals surface area contributed by atoms with E-state index in [0.717, 1.165) is 44.2 Å². The quantitative estimate of drug-likeness (QED) is 0.563. The first-order valence-corrected chi connectivity index (χ1v) is 13.3. The first-order chi connectivity index (χ1) is 17.7. The van der Waals surface area contributed by atoms with Gasteiger partial charge in [-0.05, 0) is 74.6 Å². The van der Waals surface area contributed by atoms with Crippen molar-refractivity contribution < 1.29 is 22.8 Å². The van der Waals surface area contributed by atoms with Crippen LogP contribution in [0.2, 0.25) is 0 Å². The van der Waals surface area contributed by atoms with Crippen LogP contribution in [0.4, 0.5) is 13.2 Å². The van der Waals surface area contributed by atoms with Gasteiger partial charge in [0.1, 0.15) is 0 Å². The van der Waals surface area contributed by atoms with Gasteiger partial charge in [-0.3, -0.25) is 9.59 Å². The molecule has 1 saturated heterocycles. The topological polar surface area (TPSA) is 61.4 Å².